The summed E-state index contributed by atoms with van der Waals surface area (Å²) in [4.78, 5) is 8.38. The van der Waals surface area contributed by atoms with Crippen LogP contribution in [0.15, 0.2) is 27.5 Å². The Balaban J connectivity index is 1.85. The minimum atomic E-state index is -0.349. The van der Waals surface area contributed by atoms with Gasteiger partial charge in [-0.1, -0.05) is 5.16 Å². The van der Waals surface area contributed by atoms with Crippen LogP contribution in [0, 0.1) is 0 Å². The molecule has 2 atom stereocenters. The van der Waals surface area contributed by atoms with Gasteiger partial charge in [0.1, 0.15) is 0 Å². The minimum absolute atomic E-state index is 0.0682. The summed E-state index contributed by atoms with van der Waals surface area (Å²) in [5.74, 6) is 1.00. The Kier molecular flexibility index (Phi) is 3.11. The molecule has 1 fully saturated rings. The predicted molar refractivity (Wildman–Crippen MR) is 66.6 cm³/mol. The van der Waals surface area contributed by atoms with Crippen molar-refractivity contribution in [3.05, 3.63) is 28.8 Å². The zero-order valence-electron chi connectivity index (χ0n) is 9.38. The van der Waals surface area contributed by atoms with E-state index in [0.717, 1.165) is 10.0 Å². The highest BCUT2D eigenvalue weighted by Crippen LogP contribution is 2.25. The number of hydrogen-bond acceptors (Lipinski definition) is 6. The van der Waals surface area contributed by atoms with Gasteiger partial charge in [0, 0.05) is 29.0 Å². The van der Waals surface area contributed by atoms with Gasteiger partial charge in [-0.2, -0.15) is 4.98 Å². The first-order chi connectivity index (χ1) is 8.72. The zero-order chi connectivity index (χ0) is 12.5. The van der Waals surface area contributed by atoms with Gasteiger partial charge < -0.3 is 14.9 Å². The van der Waals surface area contributed by atoms with Crippen LogP contribution in [0.4, 0.5) is 0 Å². The van der Waals surface area contributed by atoms with E-state index in [1.165, 1.54) is 0 Å². The van der Waals surface area contributed by atoms with Crippen molar-refractivity contribution in [2.45, 2.75) is 18.6 Å². The highest BCUT2D eigenvalue weighted by atomic mass is 79.9. The van der Waals surface area contributed by atoms with Crippen LogP contribution >= 0.6 is 15.9 Å². The molecule has 0 aromatic carbocycles. The van der Waals surface area contributed by atoms with Crippen LogP contribution < -0.4 is 5.32 Å². The van der Waals surface area contributed by atoms with Gasteiger partial charge >= 0.3 is 0 Å². The number of pyridine rings is 1. The van der Waals surface area contributed by atoms with E-state index < -0.39 is 0 Å². The van der Waals surface area contributed by atoms with Crippen LogP contribution in [-0.2, 0) is 0 Å². The van der Waals surface area contributed by atoms with Gasteiger partial charge in [-0.25, -0.2) is 0 Å². The molecule has 18 heavy (non-hydrogen) atoms. The van der Waals surface area contributed by atoms with Crippen molar-refractivity contribution in [2.75, 3.05) is 6.54 Å². The molecule has 7 heteroatoms. The van der Waals surface area contributed by atoms with Crippen molar-refractivity contribution in [1.29, 1.82) is 0 Å². The number of halogens is 1. The molecular weight excluding hydrogens is 300 g/mol. The number of aliphatic hydroxyl groups is 1. The number of nitrogens with one attached hydrogen (secondary N) is 1. The molecule has 0 amide bonds. The molecule has 0 saturated carbocycles. The Morgan fingerprint density at radius 3 is 3.06 bits per heavy atom. The van der Waals surface area contributed by atoms with Crippen LogP contribution in [0.2, 0.25) is 0 Å². The largest absolute Gasteiger partial charge is 0.392 e. The van der Waals surface area contributed by atoms with Gasteiger partial charge in [-0.3, -0.25) is 4.98 Å². The molecule has 0 radical (unpaired) electrons. The third kappa shape index (κ3) is 2.29. The summed E-state index contributed by atoms with van der Waals surface area (Å²) >= 11 is 3.35. The number of aromatic nitrogens is 3. The maximum atomic E-state index is 9.45. The topological polar surface area (TPSA) is 84.1 Å². The van der Waals surface area contributed by atoms with Crippen molar-refractivity contribution in [1.82, 2.24) is 20.4 Å². The molecule has 3 rings (SSSR count). The van der Waals surface area contributed by atoms with Crippen LogP contribution in [0.25, 0.3) is 11.4 Å². The average Bonchev–Trinajstić information content (AvgIpc) is 2.97. The van der Waals surface area contributed by atoms with E-state index in [2.05, 4.69) is 36.4 Å². The van der Waals surface area contributed by atoms with E-state index in [4.69, 9.17) is 4.52 Å². The lowest BCUT2D eigenvalue weighted by Gasteiger charge is -2.01. The monoisotopic (exact) mass is 310 g/mol. The normalized spacial score (nSPS) is 23.4. The highest BCUT2D eigenvalue weighted by molar-refractivity contribution is 9.10. The molecule has 2 aromatic heterocycles. The molecule has 2 aromatic rings. The van der Waals surface area contributed by atoms with E-state index >= 15 is 0 Å². The van der Waals surface area contributed by atoms with Crippen molar-refractivity contribution in [3.63, 3.8) is 0 Å². The molecule has 94 valence electrons. The highest BCUT2D eigenvalue weighted by Gasteiger charge is 2.28. The van der Waals surface area contributed by atoms with Gasteiger partial charge in [0.15, 0.2) is 0 Å². The second-order valence-corrected chi connectivity index (χ2v) is 5.11. The molecule has 2 N–H and O–H groups in total. The Bertz CT molecular complexity index is 559. The first kappa shape index (κ1) is 11.8. The fourth-order valence-electron chi connectivity index (χ4n) is 1.93. The van der Waals surface area contributed by atoms with Crippen molar-refractivity contribution in [3.8, 4) is 11.4 Å². The van der Waals surface area contributed by atoms with Gasteiger partial charge in [0.2, 0.25) is 11.7 Å². The number of β-amino-alcohol motifs (C(OH)–C–C–N with tert-alkyl or cyclic N) is 1. The first-order valence-corrected chi connectivity index (χ1v) is 6.37. The molecule has 0 spiro atoms. The van der Waals surface area contributed by atoms with Crippen LogP contribution in [-0.4, -0.2) is 32.9 Å². The van der Waals surface area contributed by atoms with Crippen molar-refractivity contribution >= 4 is 15.9 Å². The van der Waals surface area contributed by atoms with Gasteiger partial charge in [-0.05, 0) is 28.4 Å². The van der Waals surface area contributed by atoms with Gasteiger partial charge in [-0.15, -0.1) is 0 Å². The lowest BCUT2D eigenvalue weighted by molar-refractivity contribution is 0.191. The van der Waals surface area contributed by atoms with Crippen LogP contribution in [0.5, 0.6) is 0 Å². The summed E-state index contributed by atoms with van der Waals surface area (Å²) in [7, 11) is 0. The molecule has 0 bridgehead atoms. The van der Waals surface area contributed by atoms with E-state index in [-0.39, 0.29) is 12.1 Å². The predicted octanol–water partition coefficient (Wildman–Crippen LogP) is 1.29. The smallest absolute Gasteiger partial charge is 0.244 e. The summed E-state index contributed by atoms with van der Waals surface area (Å²) < 4.78 is 6.08. The summed E-state index contributed by atoms with van der Waals surface area (Å²) in [5, 5.41) is 16.5. The SMILES string of the molecule is OC1CNC(c2nc(-c3cncc(Br)c3)no2)C1. The number of rotatable bonds is 2. The summed E-state index contributed by atoms with van der Waals surface area (Å²) in [5.41, 5.74) is 0.790. The fraction of sp³-hybridized carbons (Fsp3) is 0.364. The van der Waals surface area contributed by atoms with Crippen LogP contribution in [0.3, 0.4) is 0 Å². The fourth-order valence-corrected chi connectivity index (χ4v) is 2.30. The lowest BCUT2D eigenvalue weighted by Crippen LogP contribution is -2.15. The Hall–Kier alpha value is -1.31. The Morgan fingerprint density at radius 2 is 2.33 bits per heavy atom. The second-order valence-electron chi connectivity index (χ2n) is 4.20. The second kappa shape index (κ2) is 4.75. The zero-order valence-corrected chi connectivity index (χ0v) is 11.0. The summed E-state index contributed by atoms with van der Waals surface area (Å²) in [6.45, 7) is 0.556. The van der Waals surface area contributed by atoms with Gasteiger partial charge in [0.25, 0.3) is 0 Å². The molecule has 1 saturated heterocycles. The molecule has 3 heterocycles. The van der Waals surface area contributed by atoms with E-state index in [1.807, 2.05) is 6.07 Å². The third-order valence-electron chi connectivity index (χ3n) is 2.81. The summed E-state index contributed by atoms with van der Waals surface area (Å²) in [6.07, 6.45) is 3.62. The van der Waals surface area contributed by atoms with E-state index in [1.54, 1.807) is 12.4 Å². The number of nitrogens with zero attached hydrogens (tertiary/aromatic N) is 3. The molecule has 2 unspecified atom stereocenters. The third-order valence-corrected chi connectivity index (χ3v) is 3.24. The quantitative estimate of drug-likeness (QED) is 0.869. The molecular formula is C11H11BrN4O2. The van der Waals surface area contributed by atoms with Crippen LogP contribution in [0.1, 0.15) is 18.4 Å². The molecule has 0 aliphatic carbocycles. The molecule has 6 nitrogen and oxygen atoms in total. The standard InChI is InChI=1S/C11H11BrN4O2/c12-7-1-6(3-13-4-7)10-15-11(18-16-10)9-2-8(17)5-14-9/h1,3-4,8-9,14,17H,2,5H2. The first-order valence-electron chi connectivity index (χ1n) is 5.58. The minimum Gasteiger partial charge on any atom is -0.392 e. The Labute approximate surface area is 112 Å². The van der Waals surface area contributed by atoms with E-state index in [9.17, 15) is 5.11 Å². The van der Waals surface area contributed by atoms with Crippen molar-refractivity contribution in [2.24, 2.45) is 0 Å². The molecule has 1 aliphatic rings. The average molecular weight is 311 g/mol. The maximum absolute atomic E-state index is 9.45. The maximum Gasteiger partial charge on any atom is 0.244 e. The lowest BCUT2D eigenvalue weighted by atomic mass is 10.2. The van der Waals surface area contributed by atoms with E-state index in [0.29, 0.717) is 24.7 Å². The molecule has 1 aliphatic heterocycles. The van der Waals surface area contributed by atoms with Crippen molar-refractivity contribution < 1.29 is 9.63 Å². The number of aliphatic hydroxyl groups excluding tert-OH is 1. The van der Waals surface area contributed by atoms with Gasteiger partial charge in [0.05, 0.1) is 12.1 Å². The number of hydrogen-bond donors (Lipinski definition) is 2. The Morgan fingerprint density at radius 1 is 1.44 bits per heavy atom. The summed E-state index contributed by atoms with van der Waals surface area (Å²) in [6, 6.07) is 1.81.